The van der Waals surface area contributed by atoms with Gasteiger partial charge in [-0.15, -0.1) is 0 Å². The third-order valence-electron chi connectivity index (χ3n) is 14.2. The van der Waals surface area contributed by atoms with Crippen LogP contribution in [0.4, 0.5) is 0 Å². The number of rotatable bonds is 7. The van der Waals surface area contributed by atoms with Gasteiger partial charge in [0.25, 0.3) is 0 Å². The minimum absolute atomic E-state index is 0.207. The molecule has 0 unspecified atom stereocenters. The van der Waals surface area contributed by atoms with Crippen molar-refractivity contribution in [2.24, 2.45) is 62.4 Å². The third-order valence-corrected chi connectivity index (χ3v) is 14.2. The number of nitrogens with one attached hydrogen (secondary N) is 2. The molecule has 0 spiro atoms. The van der Waals surface area contributed by atoms with Crippen LogP contribution in [0.3, 0.4) is 0 Å². The van der Waals surface area contributed by atoms with Gasteiger partial charge in [-0.2, -0.15) is 0 Å². The van der Waals surface area contributed by atoms with Crippen LogP contribution in [0.5, 0.6) is 0 Å². The Bertz CT molecular complexity index is 1010. The zero-order valence-electron chi connectivity index (χ0n) is 25.9. The lowest BCUT2D eigenvalue weighted by molar-refractivity contribution is -0.233. The van der Waals surface area contributed by atoms with E-state index in [1.54, 1.807) is 0 Å². The Hall–Kier alpha value is -1.20. The van der Waals surface area contributed by atoms with Crippen LogP contribution < -0.4 is 16.4 Å². The lowest BCUT2D eigenvalue weighted by atomic mass is 9.32. The first-order valence-electron chi connectivity index (χ1n) is 16.2. The number of amides is 1. The van der Waals surface area contributed by atoms with Gasteiger partial charge in [-0.3, -0.25) is 9.59 Å². The summed E-state index contributed by atoms with van der Waals surface area (Å²) in [4.78, 5) is 27.1. The average molecular weight is 540 g/mol. The van der Waals surface area contributed by atoms with Crippen molar-refractivity contribution in [3.63, 3.8) is 0 Å². The second kappa shape index (κ2) is 9.96. The Kier molecular flexibility index (Phi) is 7.49. The molecule has 9 atom stereocenters. The van der Waals surface area contributed by atoms with E-state index in [4.69, 9.17) is 5.73 Å². The molecule has 4 N–H and O–H groups in total. The normalized spacial score (nSPS) is 46.4. The summed E-state index contributed by atoms with van der Waals surface area (Å²) in [6, 6.07) is 0. The highest BCUT2D eigenvalue weighted by Crippen LogP contribution is 2.77. The van der Waals surface area contributed by atoms with E-state index in [1.807, 2.05) is 0 Å². The molecule has 0 aromatic rings. The van der Waals surface area contributed by atoms with E-state index in [-0.39, 0.29) is 27.1 Å². The summed E-state index contributed by atoms with van der Waals surface area (Å²) in [5.74, 6) is 3.29. The van der Waals surface area contributed by atoms with E-state index in [2.05, 4.69) is 58.8 Å². The van der Waals surface area contributed by atoms with Crippen LogP contribution in [-0.4, -0.2) is 37.9 Å². The summed E-state index contributed by atoms with van der Waals surface area (Å²) < 4.78 is 0. The van der Waals surface area contributed by atoms with Crippen molar-refractivity contribution < 1.29 is 9.59 Å². The van der Waals surface area contributed by atoms with Gasteiger partial charge in [0, 0.05) is 38.0 Å². The smallest absolute Gasteiger partial charge is 0.226 e. The molecule has 5 rings (SSSR count). The molecule has 5 nitrogen and oxygen atoms in total. The molecule has 220 valence electrons. The molecule has 0 aromatic carbocycles. The van der Waals surface area contributed by atoms with E-state index in [1.165, 1.54) is 31.3 Å². The van der Waals surface area contributed by atoms with Crippen molar-refractivity contribution in [1.82, 2.24) is 10.6 Å². The molecule has 39 heavy (non-hydrogen) atoms. The molecule has 0 aromatic heterocycles. The van der Waals surface area contributed by atoms with Crippen LogP contribution >= 0.6 is 0 Å². The minimum atomic E-state index is -0.259. The number of carbonyl (C=O) groups is 2. The lowest BCUT2D eigenvalue weighted by Gasteiger charge is -2.72. The van der Waals surface area contributed by atoms with Crippen LogP contribution in [0.15, 0.2) is 12.2 Å². The number of allylic oxidation sites excluding steroid dienone is 1. The Balaban J connectivity index is 1.46. The molecule has 5 heteroatoms. The molecular weight excluding hydrogens is 482 g/mol. The van der Waals surface area contributed by atoms with Crippen LogP contribution in [-0.2, 0) is 9.59 Å². The SMILES string of the molecule is C=C(C)[C@@H]1CC[C@]2(C(=O)NCCNCCN)CC[C@]3(C)[C@H](CC[C@@H]4[C@@]5(C)CCC(=O)C(C)(C)[C@@H]5CC[C@]43C)[C@@H]12. The van der Waals surface area contributed by atoms with Gasteiger partial charge in [0.15, 0.2) is 0 Å². The summed E-state index contributed by atoms with van der Waals surface area (Å²) in [6.45, 7) is 21.8. The Morgan fingerprint density at radius 1 is 0.897 bits per heavy atom. The van der Waals surface area contributed by atoms with Crippen molar-refractivity contribution in [2.75, 3.05) is 26.2 Å². The van der Waals surface area contributed by atoms with Gasteiger partial charge in [-0.25, -0.2) is 0 Å². The topological polar surface area (TPSA) is 84.2 Å². The maximum Gasteiger partial charge on any atom is 0.226 e. The standard InChI is InChI=1S/C34H57N3O2/c1-22(2)23-10-15-34(29(39)37-21-20-36-19-18-35)17-16-32(6)24(28(23)34)8-9-26-31(5)13-12-27(38)30(3,4)25(31)11-14-33(26,32)7/h23-26,28,36H,1,8-21,35H2,2-7H3,(H,37,39)/t23-,24+,25-,26+,28+,31-,32+,33+,34-/m0/s1. The van der Waals surface area contributed by atoms with Crippen molar-refractivity contribution in [3.8, 4) is 0 Å². The van der Waals surface area contributed by atoms with E-state index in [9.17, 15) is 9.59 Å². The zero-order chi connectivity index (χ0) is 28.4. The minimum Gasteiger partial charge on any atom is -0.354 e. The fraction of sp³-hybridized carbons (Fsp3) is 0.882. The largest absolute Gasteiger partial charge is 0.354 e. The van der Waals surface area contributed by atoms with E-state index in [0.717, 1.165) is 51.6 Å². The van der Waals surface area contributed by atoms with Gasteiger partial charge in [-0.1, -0.05) is 46.8 Å². The van der Waals surface area contributed by atoms with Crippen molar-refractivity contribution in [2.45, 2.75) is 106 Å². The highest BCUT2D eigenvalue weighted by molar-refractivity contribution is 5.85. The number of ketones is 1. The fourth-order valence-electron chi connectivity index (χ4n) is 12.0. The van der Waals surface area contributed by atoms with Gasteiger partial charge in [0.2, 0.25) is 5.91 Å². The number of Topliss-reactive ketones (excluding diaryl/α,β-unsaturated/α-hetero) is 1. The van der Waals surface area contributed by atoms with E-state index >= 15 is 0 Å². The van der Waals surface area contributed by atoms with Gasteiger partial charge in [-0.05, 0) is 111 Å². The molecule has 1 amide bonds. The predicted octanol–water partition coefficient (Wildman–Crippen LogP) is 5.88. The molecule has 0 heterocycles. The third kappa shape index (κ3) is 4.06. The first kappa shape index (κ1) is 29.3. The van der Waals surface area contributed by atoms with Gasteiger partial charge in [0.1, 0.15) is 5.78 Å². The second-order valence-electron chi connectivity index (χ2n) is 15.8. The molecule has 5 fully saturated rings. The Labute approximate surface area is 238 Å². The van der Waals surface area contributed by atoms with Crippen LogP contribution in [0, 0.1) is 56.7 Å². The number of fused-ring (bicyclic) bond motifs is 7. The molecule has 0 radical (unpaired) electrons. The van der Waals surface area contributed by atoms with Crippen molar-refractivity contribution in [3.05, 3.63) is 12.2 Å². The fourth-order valence-corrected chi connectivity index (χ4v) is 12.0. The van der Waals surface area contributed by atoms with Crippen LogP contribution in [0.25, 0.3) is 0 Å². The van der Waals surface area contributed by atoms with Gasteiger partial charge < -0.3 is 16.4 Å². The van der Waals surface area contributed by atoms with Gasteiger partial charge >= 0.3 is 0 Å². The molecule has 5 aliphatic carbocycles. The molecule has 5 saturated carbocycles. The van der Waals surface area contributed by atoms with Crippen molar-refractivity contribution >= 4 is 11.7 Å². The molecule has 0 aliphatic heterocycles. The summed E-state index contributed by atoms with van der Waals surface area (Å²) in [7, 11) is 0. The highest BCUT2D eigenvalue weighted by Gasteiger charge is 2.71. The first-order chi connectivity index (χ1) is 18.3. The average Bonchev–Trinajstić information content (AvgIpc) is 3.28. The summed E-state index contributed by atoms with van der Waals surface area (Å²) >= 11 is 0. The quantitative estimate of drug-likeness (QED) is 0.279. The van der Waals surface area contributed by atoms with Crippen molar-refractivity contribution in [1.29, 1.82) is 0 Å². The second-order valence-corrected chi connectivity index (χ2v) is 15.8. The monoisotopic (exact) mass is 539 g/mol. The first-order valence-corrected chi connectivity index (χ1v) is 16.2. The molecular formula is C34H57N3O2. The van der Waals surface area contributed by atoms with E-state index < -0.39 is 0 Å². The highest BCUT2D eigenvalue weighted by atomic mass is 16.2. The summed E-state index contributed by atoms with van der Waals surface area (Å²) in [5.41, 5.74) is 7.12. The number of carbonyl (C=O) groups excluding carboxylic acids is 2. The molecule has 0 saturated heterocycles. The molecule has 5 aliphatic rings. The number of nitrogens with two attached hydrogens (primary N) is 1. The summed E-state index contributed by atoms with van der Waals surface area (Å²) in [6.07, 6.45) is 10.9. The Morgan fingerprint density at radius 3 is 2.33 bits per heavy atom. The maximum absolute atomic E-state index is 14.1. The number of hydrogen-bond acceptors (Lipinski definition) is 4. The Morgan fingerprint density at radius 2 is 1.64 bits per heavy atom. The van der Waals surface area contributed by atoms with Crippen LogP contribution in [0.1, 0.15) is 106 Å². The van der Waals surface area contributed by atoms with Gasteiger partial charge in [0.05, 0.1) is 5.41 Å². The number of hydrogen-bond donors (Lipinski definition) is 3. The summed E-state index contributed by atoms with van der Waals surface area (Å²) in [5, 5.41) is 6.68. The lowest BCUT2D eigenvalue weighted by Crippen LogP contribution is -2.67. The van der Waals surface area contributed by atoms with Crippen LogP contribution in [0.2, 0.25) is 0 Å². The zero-order valence-corrected chi connectivity index (χ0v) is 25.9. The molecule has 0 bridgehead atoms. The maximum atomic E-state index is 14.1. The predicted molar refractivity (Wildman–Crippen MR) is 159 cm³/mol. The van der Waals surface area contributed by atoms with E-state index in [0.29, 0.717) is 54.4 Å².